The Hall–Kier alpha value is -1.93. The van der Waals surface area contributed by atoms with Gasteiger partial charge in [-0.25, -0.2) is 8.42 Å². The number of sulfonamides is 1. The minimum Gasteiger partial charge on any atom is -0.456 e. The lowest BCUT2D eigenvalue weighted by Gasteiger charge is -2.34. The van der Waals surface area contributed by atoms with Crippen LogP contribution in [0.2, 0.25) is 0 Å². The van der Waals surface area contributed by atoms with Gasteiger partial charge in [-0.2, -0.15) is 4.31 Å². The zero-order chi connectivity index (χ0) is 21.1. The largest absolute Gasteiger partial charge is 0.456 e. The van der Waals surface area contributed by atoms with E-state index in [4.69, 9.17) is 4.74 Å². The second-order valence-electron chi connectivity index (χ2n) is 8.45. The van der Waals surface area contributed by atoms with Crippen LogP contribution in [0.3, 0.4) is 0 Å². The zero-order valence-corrected chi connectivity index (χ0v) is 18.1. The van der Waals surface area contributed by atoms with Gasteiger partial charge in [0.25, 0.3) is 5.91 Å². The van der Waals surface area contributed by atoms with Gasteiger partial charge in [-0.1, -0.05) is 38.5 Å². The summed E-state index contributed by atoms with van der Waals surface area (Å²) in [6.07, 6.45) is 0.238. The molecular formula is C20H30N2O5S. The molecule has 1 saturated heterocycles. The lowest BCUT2D eigenvalue weighted by Crippen LogP contribution is -2.51. The number of amides is 1. The fourth-order valence-electron chi connectivity index (χ4n) is 3.12. The lowest BCUT2D eigenvalue weighted by atomic mass is 9.92. The Labute approximate surface area is 167 Å². The maximum absolute atomic E-state index is 12.9. The number of ether oxygens (including phenoxy) is 1. The molecule has 1 aliphatic rings. The molecule has 1 fully saturated rings. The minimum absolute atomic E-state index is 0.200. The highest BCUT2D eigenvalue weighted by Gasteiger charge is 2.31. The average Bonchev–Trinajstić information content (AvgIpc) is 2.58. The van der Waals surface area contributed by atoms with E-state index in [9.17, 15) is 18.0 Å². The maximum atomic E-state index is 12.9. The number of esters is 1. The van der Waals surface area contributed by atoms with E-state index in [1.165, 1.54) is 4.31 Å². The molecule has 8 heteroatoms. The van der Waals surface area contributed by atoms with Crippen LogP contribution in [0.5, 0.6) is 0 Å². The van der Waals surface area contributed by atoms with Crippen molar-refractivity contribution in [2.75, 3.05) is 32.8 Å². The number of carbonyl (C=O) groups is 2. The molecule has 1 aromatic rings. The molecule has 0 N–H and O–H groups in total. The third-order valence-corrected chi connectivity index (χ3v) is 6.63. The van der Waals surface area contributed by atoms with Gasteiger partial charge in [-0.3, -0.25) is 9.59 Å². The Morgan fingerprint density at radius 3 is 2.21 bits per heavy atom. The summed E-state index contributed by atoms with van der Waals surface area (Å²) < 4.78 is 32.3. The Morgan fingerprint density at radius 1 is 1.07 bits per heavy atom. The SMILES string of the molecule is Cc1ccc(S(=O)(=O)N2CCN(C(=O)COC(=O)CC(C)(C)C)CC2)c(C)c1. The monoisotopic (exact) mass is 410 g/mol. The van der Waals surface area contributed by atoms with Crippen molar-refractivity contribution >= 4 is 21.9 Å². The Morgan fingerprint density at radius 2 is 1.68 bits per heavy atom. The quantitative estimate of drug-likeness (QED) is 0.694. The number of aryl methyl sites for hydroxylation is 2. The Balaban J connectivity index is 1.91. The van der Waals surface area contributed by atoms with Gasteiger partial charge in [0.2, 0.25) is 10.0 Å². The molecule has 0 aromatic heterocycles. The molecular weight excluding hydrogens is 380 g/mol. The van der Waals surface area contributed by atoms with Crippen LogP contribution in [0, 0.1) is 19.3 Å². The summed E-state index contributed by atoms with van der Waals surface area (Å²) in [7, 11) is -3.59. The van der Waals surface area contributed by atoms with Crippen molar-refractivity contribution in [3.05, 3.63) is 29.3 Å². The van der Waals surface area contributed by atoms with Gasteiger partial charge in [0.05, 0.1) is 11.3 Å². The molecule has 1 aliphatic heterocycles. The first-order valence-corrected chi connectivity index (χ1v) is 10.8. The van der Waals surface area contributed by atoms with Gasteiger partial charge >= 0.3 is 5.97 Å². The maximum Gasteiger partial charge on any atom is 0.306 e. The number of carbonyl (C=O) groups excluding carboxylic acids is 2. The van der Waals surface area contributed by atoms with Crippen LogP contribution in [0.1, 0.15) is 38.3 Å². The fraction of sp³-hybridized carbons (Fsp3) is 0.600. The van der Waals surface area contributed by atoms with Gasteiger partial charge in [0.1, 0.15) is 0 Å². The summed E-state index contributed by atoms with van der Waals surface area (Å²) in [5.41, 5.74) is 1.52. The zero-order valence-electron chi connectivity index (χ0n) is 17.3. The minimum atomic E-state index is -3.59. The molecule has 2 rings (SSSR count). The number of rotatable bonds is 5. The second kappa shape index (κ2) is 8.61. The van der Waals surface area contributed by atoms with E-state index in [1.54, 1.807) is 24.0 Å². The van der Waals surface area contributed by atoms with Crippen LogP contribution in [-0.4, -0.2) is 62.3 Å². The van der Waals surface area contributed by atoms with Gasteiger partial charge in [0.15, 0.2) is 6.61 Å². The normalized spacial score (nSPS) is 16.1. The van der Waals surface area contributed by atoms with E-state index in [2.05, 4.69) is 0 Å². The molecule has 156 valence electrons. The van der Waals surface area contributed by atoms with Gasteiger partial charge in [0, 0.05) is 26.2 Å². The highest BCUT2D eigenvalue weighted by molar-refractivity contribution is 7.89. The molecule has 28 heavy (non-hydrogen) atoms. The van der Waals surface area contributed by atoms with E-state index in [1.807, 2.05) is 33.8 Å². The highest BCUT2D eigenvalue weighted by atomic mass is 32.2. The van der Waals surface area contributed by atoms with E-state index < -0.39 is 16.0 Å². The third-order valence-electron chi connectivity index (χ3n) is 4.57. The van der Waals surface area contributed by atoms with Crippen molar-refractivity contribution in [3.8, 4) is 0 Å². The molecule has 0 saturated carbocycles. The van der Waals surface area contributed by atoms with E-state index in [0.717, 1.165) is 5.56 Å². The standard InChI is InChI=1S/C20H30N2O5S/c1-15-6-7-17(16(2)12-15)28(25,26)22-10-8-21(9-11-22)18(23)14-27-19(24)13-20(3,4)5/h6-7,12H,8-11,13-14H2,1-5H3. The molecule has 0 bridgehead atoms. The summed E-state index contributed by atoms with van der Waals surface area (Å²) >= 11 is 0. The fourth-order valence-corrected chi connectivity index (χ4v) is 4.75. The number of hydrogen-bond acceptors (Lipinski definition) is 5. The first-order chi connectivity index (χ1) is 12.9. The van der Waals surface area contributed by atoms with Crippen molar-refractivity contribution in [1.29, 1.82) is 0 Å². The molecule has 0 radical (unpaired) electrons. The van der Waals surface area contributed by atoms with Crippen molar-refractivity contribution < 1.29 is 22.7 Å². The van der Waals surface area contributed by atoms with E-state index in [0.29, 0.717) is 10.5 Å². The third kappa shape index (κ3) is 5.78. The Bertz CT molecular complexity index is 835. The number of hydrogen-bond donors (Lipinski definition) is 0. The summed E-state index contributed by atoms with van der Waals surface area (Å²) in [5, 5.41) is 0. The molecule has 1 heterocycles. The van der Waals surface area contributed by atoms with Gasteiger partial charge in [-0.15, -0.1) is 0 Å². The second-order valence-corrected chi connectivity index (χ2v) is 10.4. The lowest BCUT2D eigenvalue weighted by molar-refractivity contribution is -0.154. The predicted octanol–water partition coefficient (Wildman–Crippen LogP) is 2.12. The molecule has 0 unspecified atom stereocenters. The summed E-state index contributed by atoms with van der Waals surface area (Å²) in [6.45, 7) is 10.2. The van der Waals surface area contributed by atoms with Crippen LogP contribution < -0.4 is 0 Å². The molecule has 0 spiro atoms. The van der Waals surface area contributed by atoms with Crippen LogP contribution in [0.4, 0.5) is 0 Å². The molecule has 0 atom stereocenters. The molecule has 0 aliphatic carbocycles. The van der Waals surface area contributed by atoms with Crippen LogP contribution in [0.15, 0.2) is 23.1 Å². The summed E-state index contributed by atoms with van der Waals surface area (Å²) in [6, 6.07) is 5.26. The van der Waals surface area contributed by atoms with Crippen molar-refractivity contribution in [2.24, 2.45) is 5.41 Å². The van der Waals surface area contributed by atoms with Crippen LogP contribution >= 0.6 is 0 Å². The molecule has 1 amide bonds. The van der Waals surface area contributed by atoms with Gasteiger partial charge in [-0.05, 0) is 30.9 Å². The predicted molar refractivity (Wildman–Crippen MR) is 106 cm³/mol. The van der Waals surface area contributed by atoms with E-state index >= 15 is 0 Å². The van der Waals surface area contributed by atoms with E-state index in [-0.39, 0.29) is 50.5 Å². The summed E-state index contributed by atoms with van der Waals surface area (Å²) in [4.78, 5) is 25.9. The molecule has 1 aromatic carbocycles. The topological polar surface area (TPSA) is 84.0 Å². The number of piperazine rings is 1. The first kappa shape index (κ1) is 22.4. The van der Waals surface area contributed by atoms with Crippen LogP contribution in [-0.2, 0) is 24.3 Å². The number of benzene rings is 1. The average molecular weight is 411 g/mol. The number of nitrogens with zero attached hydrogens (tertiary/aromatic N) is 2. The Kier molecular flexibility index (Phi) is 6.88. The van der Waals surface area contributed by atoms with Crippen molar-refractivity contribution in [1.82, 2.24) is 9.21 Å². The highest BCUT2D eigenvalue weighted by Crippen LogP contribution is 2.22. The first-order valence-electron chi connectivity index (χ1n) is 9.41. The van der Waals surface area contributed by atoms with Crippen molar-refractivity contribution in [2.45, 2.75) is 45.9 Å². The van der Waals surface area contributed by atoms with Gasteiger partial charge < -0.3 is 9.64 Å². The van der Waals surface area contributed by atoms with Crippen molar-refractivity contribution in [3.63, 3.8) is 0 Å². The van der Waals surface area contributed by atoms with Crippen LogP contribution in [0.25, 0.3) is 0 Å². The molecule has 7 nitrogen and oxygen atoms in total. The summed E-state index contributed by atoms with van der Waals surface area (Å²) in [5.74, 6) is -0.706. The smallest absolute Gasteiger partial charge is 0.306 e.